The van der Waals surface area contributed by atoms with Crippen molar-refractivity contribution in [2.75, 3.05) is 0 Å². The van der Waals surface area contributed by atoms with Gasteiger partial charge in [0.2, 0.25) is 0 Å². The minimum atomic E-state index is -2.53. The molecular weight excluding hydrogens is 825 g/mol. The summed E-state index contributed by atoms with van der Waals surface area (Å²) in [6.45, 7) is 0.678. The van der Waals surface area contributed by atoms with Crippen LogP contribution < -0.4 is 0 Å². The standard InChI is InChI=1S/C37H30NO.C12H10N.Ir/c1-23-22-38-33(20-24(23)21-37(2,3)4)31-18-11-19-32-34-29-16-9-7-14-27(29)25-12-5-6-13-26(25)28-15-8-10-17-30(28)36(34)39-35(31)32;1-10-7-8-12(13-9-10)11-5-3-2-4-6-11;/h5-17,19-20,22H,21H2,1-4H3;2-5,7-9H,1H3;/q2*-1;/i1D3,21D2;1D3;. The number of hydrogen-bond acceptors (Lipinski definition) is 3. The van der Waals surface area contributed by atoms with Crippen molar-refractivity contribution in [3.05, 3.63) is 169 Å². The average molecular weight is 873 g/mol. The Bertz CT molecular complexity index is 2860. The number of hydrogen-bond donors (Lipinski definition) is 0. The second-order valence-corrected chi connectivity index (χ2v) is 13.7. The second kappa shape index (κ2) is 14.9. The van der Waals surface area contributed by atoms with E-state index in [0.717, 1.165) is 61.3 Å². The van der Waals surface area contributed by atoms with Crippen molar-refractivity contribution >= 4 is 11.0 Å². The van der Waals surface area contributed by atoms with Gasteiger partial charge in [-0.25, -0.2) is 0 Å². The third-order valence-electron chi connectivity index (χ3n) is 8.94. The Labute approximate surface area is 337 Å². The first-order valence-corrected chi connectivity index (χ1v) is 17.2. The summed E-state index contributed by atoms with van der Waals surface area (Å²) in [6, 6.07) is 47.4. The van der Waals surface area contributed by atoms with Crippen LogP contribution in [-0.4, -0.2) is 9.97 Å². The molecule has 5 aromatic carbocycles. The van der Waals surface area contributed by atoms with Gasteiger partial charge in [0.15, 0.2) is 0 Å². The van der Waals surface area contributed by atoms with Gasteiger partial charge in [0.1, 0.15) is 5.76 Å². The number of pyridine rings is 2. The van der Waals surface area contributed by atoms with E-state index in [9.17, 15) is 0 Å². The van der Waals surface area contributed by atoms with Gasteiger partial charge in [0, 0.05) is 54.6 Å². The first-order valence-electron chi connectivity index (χ1n) is 21.2. The minimum absolute atomic E-state index is 0. The molecule has 0 fully saturated rings. The van der Waals surface area contributed by atoms with Crippen LogP contribution in [0, 0.1) is 31.3 Å². The van der Waals surface area contributed by atoms with Gasteiger partial charge in [-0.3, -0.25) is 0 Å². The molecule has 263 valence electrons. The van der Waals surface area contributed by atoms with Crippen LogP contribution >= 0.6 is 0 Å². The van der Waals surface area contributed by atoms with E-state index >= 15 is 0 Å². The summed E-state index contributed by atoms with van der Waals surface area (Å²) in [5.74, 6) is 0.725. The van der Waals surface area contributed by atoms with E-state index < -0.39 is 25.5 Å². The summed E-state index contributed by atoms with van der Waals surface area (Å²) in [7, 11) is 0. The van der Waals surface area contributed by atoms with Crippen LogP contribution in [0.1, 0.15) is 48.4 Å². The summed E-state index contributed by atoms with van der Waals surface area (Å²) < 4.78 is 70.9. The van der Waals surface area contributed by atoms with Gasteiger partial charge < -0.3 is 14.4 Å². The molecule has 0 saturated carbocycles. The van der Waals surface area contributed by atoms with E-state index in [1.54, 1.807) is 45.0 Å². The number of benzene rings is 5. The first-order chi connectivity index (χ1) is 28.4. The fourth-order valence-electron chi connectivity index (χ4n) is 6.72. The molecule has 0 unspecified atom stereocenters. The fourth-order valence-corrected chi connectivity index (χ4v) is 6.72. The summed E-state index contributed by atoms with van der Waals surface area (Å²) in [5.41, 5.74) is 9.84. The van der Waals surface area contributed by atoms with E-state index in [4.69, 9.17) is 15.4 Å². The third-order valence-corrected chi connectivity index (χ3v) is 8.94. The Morgan fingerprint density at radius 1 is 0.660 bits per heavy atom. The minimum Gasteiger partial charge on any atom is -0.500 e. The summed E-state index contributed by atoms with van der Waals surface area (Å²) in [5, 5.41) is 0.873. The maximum Gasteiger partial charge on any atom is 0.129 e. The number of aromatic nitrogens is 2. The Hall–Kier alpha value is -5.41. The zero-order valence-corrected chi connectivity index (χ0v) is 31.8. The number of aryl methyl sites for hydroxylation is 2. The normalized spacial score (nSPS) is 14.4. The van der Waals surface area contributed by atoms with Crippen LogP contribution in [0.25, 0.3) is 78.2 Å². The molecule has 8 aromatic rings. The molecule has 1 aliphatic carbocycles. The molecule has 0 aliphatic heterocycles. The van der Waals surface area contributed by atoms with Crippen molar-refractivity contribution in [2.45, 2.75) is 40.8 Å². The largest absolute Gasteiger partial charge is 0.500 e. The molecule has 0 spiro atoms. The molecule has 53 heavy (non-hydrogen) atoms. The van der Waals surface area contributed by atoms with Gasteiger partial charge in [0.05, 0.1) is 5.58 Å². The van der Waals surface area contributed by atoms with E-state index in [-0.39, 0.29) is 36.8 Å². The SMILES string of the molecule is [2H]C([2H])([2H])c1ccc(-c2[c-]cccc2)nc1.[2H]C([2H])([2H])c1cnc(-c2[c-]ccc3c4c(oc23)-c2ccccc2-c2ccccc2-c2ccccc2-4)cc1C([2H])([2H])C(C)(C)C.[Ir]. The van der Waals surface area contributed by atoms with E-state index in [1.807, 2.05) is 54.6 Å². The molecule has 3 aromatic heterocycles. The van der Waals surface area contributed by atoms with Crippen molar-refractivity contribution in [2.24, 2.45) is 5.41 Å². The fraction of sp³-hybridized carbons (Fsp3) is 0.143. The number of rotatable bonds is 3. The van der Waals surface area contributed by atoms with Crippen LogP contribution in [0.3, 0.4) is 0 Å². The Balaban J connectivity index is 0.000000278. The molecule has 1 radical (unpaired) electrons. The third kappa shape index (κ3) is 7.18. The second-order valence-electron chi connectivity index (χ2n) is 13.7. The average Bonchev–Trinajstić information content (AvgIpc) is 3.62. The van der Waals surface area contributed by atoms with Crippen LogP contribution in [0.4, 0.5) is 0 Å². The van der Waals surface area contributed by atoms with Gasteiger partial charge in [0.25, 0.3) is 0 Å². The van der Waals surface area contributed by atoms with Gasteiger partial charge in [-0.05, 0) is 75.8 Å². The van der Waals surface area contributed by atoms with Crippen LogP contribution in [0.15, 0.2) is 144 Å². The van der Waals surface area contributed by atoms with Crippen LogP contribution in [-0.2, 0) is 26.5 Å². The summed E-state index contributed by atoms with van der Waals surface area (Å²) in [4.78, 5) is 8.69. The van der Waals surface area contributed by atoms with Gasteiger partial charge in [-0.1, -0.05) is 128 Å². The molecule has 0 N–H and O–H groups in total. The predicted molar refractivity (Wildman–Crippen MR) is 215 cm³/mol. The molecule has 0 atom stereocenters. The van der Waals surface area contributed by atoms with Gasteiger partial charge >= 0.3 is 0 Å². The monoisotopic (exact) mass is 873 g/mol. The van der Waals surface area contributed by atoms with Crippen molar-refractivity contribution < 1.29 is 35.5 Å². The van der Waals surface area contributed by atoms with E-state index in [1.165, 1.54) is 12.4 Å². The van der Waals surface area contributed by atoms with E-state index in [2.05, 4.69) is 70.6 Å². The summed E-state index contributed by atoms with van der Waals surface area (Å²) in [6.07, 6.45) is 0.724. The molecule has 9 rings (SSSR count). The van der Waals surface area contributed by atoms with Crippen LogP contribution in [0.5, 0.6) is 0 Å². The number of nitrogens with zero attached hydrogens (tertiary/aromatic N) is 2. The molecule has 3 heterocycles. The molecule has 1 aliphatic rings. The molecule has 0 amide bonds. The number of furan rings is 1. The summed E-state index contributed by atoms with van der Waals surface area (Å²) >= 11 is 0. The first kappa shape index (κ1) is 27.2. The maximum atomic E-state index is 9.00. The van der Waals surface area contributed by atoms with Crippen molar-refractivity contribution in [1.29, 1.82) is 0 Å². The zero-order chi connectivity index (χ0) is 42.6. The molecule has 0 bridgehead atoms. The number of fused-ring (bicyclic) bond motifs is 10. The van der Waals surface area contributed by atoms with E-state index in [0.29, 0.717) is 16.8 Å². The molecule has 3 nitrogen and oxygen atoms in total. The molecular formula is C49H40IrN2O-2. The molecule has 4 heteroatoms. The maximum absolute atomic E-state index is 9.00. The van der Waals surface area contributed by atoms with Crippen LogP contribution in [0.2, 0.25) is 0 Å². The predicted octanol–water partition coefficient (Wildman–Crippen LogP) is 13.0. The molecule has 0 saturated heterocycles. The topological polar surface area (TPSA) is 38.9 Å². The van der Waals surface area contributed by atoms with Crippen molar-refractivity contribution in [1.82, 2.24) is 9.97 Å². The van der Waals surface area contributed by atoms with Gasteiger partial charge in [-0.15, -0.1) is 54.1 Å². The Kier molecular flexibility index (Phi) is 7.66. The Morgan fingerprint density at radius 2 is 1.30 bits per heavy atom. The van der Waals surface area contributed by atoms with Crippen molar-refractivity contribution in [3.63, 3.8) is 0 Å². The van der Waals surface area contributed by atoms with Crippen molar-refractivity contribution in [3.8, 4) is 67.2 Å². The quantitative estimate of drug-likeness (QED) is 0.166. The Morgan fingerprint density at radius 3 is 1.92 bits per heavy atom. The zero-order valence-electron chi connectivity index (χ0n) is 37.4. The smallest absolute Gasteiger partial charge is 0.129 e. The van der Waals surface area contributed by atoms with Gasteiger partial charge in [-0.2, -0.15) is 0 Å².